The van der Waals surface area contributed by atoms with E-state index in [1.165, 1.54) is 12.1 Å². The minimum Gasteiger partial charge on any atom is -0.476 e. The maximum absolute atomic E-state index is 11.3. The number of carboxylic acid groups (broad SMARTS) is 1. The number of carboxylic acids is 1. The second kappa shape index (κ2) is 5.59. The molecule has 0 bridgehead atoms. The van der Waals surface area contributed by atoms with Gasteiger partial charge in [0.2, 0.25) is 5.01 Å². The summed E-state index contributed by atoms with van der Waals surface area (Å²) < 4.78 is 22.6. The van der Waals surface area contributed by atoms with Crippen molar-refractivity contribution in [3.63, 3.8) is 0 Å². The van der Waals surface area contributed by atoms with Crippen molar-refractivity contribution in [2.45, 2.75) is 11.4 Å². The SMILES string of the molecule is CS(=O)(=O)c1ccc(NCc2csc(C(=O)O)n2)cc1. The fraction of sp³-hybridized carbons (Fsp3) is 0.167. The Labute approximate surface area is 120 Å². The highest BCUT2D eigenvalue weighted by Gasteiger charge is 2.09. The maximum Gasteiger partial charge on any atom is 0.365 e. The zero-order valence-electron chi connectivity index (χ0n) is 10.5. The number of aromatic carboxylic acids is 1. The quantitative estimate of drug-likeness (QED) is 0.874. The normalized spacial score (nSPS) is 11.2. The molecule has 2 aromatic rings. The van der Waals surface area contributed by atoms with Gasteiger partial charge in [-0.25, -0.2) is 18.2 Å². The average Bonchev–Trinajstić information content (AvgIpc) is 2.85. The average molecular weight is 312 g/mol. The number of hydrogen-bond acceptors (Lipinski definition) is 6. The van der Waals surface area contributed by atoms with Gasteiger partial charge in [0.05, 0.1) is 17.1 Å². The van der Waals surface area contributed by atoms with E-state index < -0.39 is 15.8 Å². The molecule has 0 saturated carbocycles. The summed E-state index contributed by atoms with van der Waals surface area (Å²) in [4.78, 5) is 14.9. The van der Waals surface area contributed by atoms with Gasteiger partial charge in [-0.1, -0.05) is 0 Å². The molecule has 106 valence electrons. The maximum atomic E-state index is 11.3. The van der Waals surface area contributed by atoms with E-state index in [0.29, 0.717) is 12.2 Å². The van der Waals surface area contributed by atoms with Crippen molar-refractivity contribution < 1.29 is 18.3 Å². The molecule has 1 aromatic heterocycles. The first kappa shape index (κ1) is 14.5. The molecule has 0 amide bonds. The largest absolute Gasteiger partial charge is 0.476 e. The molecule has 0 unspecified atom stereocenters. The number of sulfone groups is 1. The van der Waals surface area contributed by atoms with E-state index in [9.17, 15) is 13.2 Å². The van der Waals surface area contributed by atoms with Gasteiger partial charge in [-0.3, -0.25) is 0 Å². The number of thiazole rings is 1. The molecule has 8 heteroatoms. The predicted molar refractivity (Wildman–Crippen MR) is 76.0 cm³/mol. The van der Waals surface area contributed by atoms with Gasteiger partial charge in [0.25, 0.3) is 0 Å². The van der Waals surface area contributed by atoms with Gasteiger partial charge < -0.3 is 10.4 Å². The van der Waals surface area contributed by atoms with E-state index in [-0.39, 0.29) is 9.90 Å². The van der Waals surface area contributed by atoms with E-state index in [0.717, 1.165) is 23.3 Å². The molecule has 2 N–H and O–H groups in total. The minimum atomic E-state index is -3.20. The summed E-state index contributed by atoms with van der Waals surface area (Å²) in [6.45, 7) is 0.377. The molecular formula is C12H12N2O4S2. The Morgan fingerprint density at radius 2 is 2.00 bits per heavy atom. The van der Waals surface area contributed by atoms with E-state index in [1.807, 2.05) is 0 Å². The summed E-state index contributed by atoms with van der Waals surface area (Å²) in [6.07, 6.45) is 1.15. The Bertz CT molecular complexity index is 720. The number of nitrogens with zero attached hydrogens (tertiary/aromatic N) is 1. The zero-order chi connectivity index (χ0) is 14.8. The lowest BCUT2D eigenvalue weighted by molar-refractivity contribution is 0.0696. The van der Waals surface area contributed by atoms with Crippen LogP contribution in [0, 0.1) is 0 Å². The van der Waals surface area contributed by atoms with Crippen LogP contribution in [-0.2, 0) is 16.4 Å². The molecular weight excluding hydrogens is 300 g/mol. The highest BCUT2D eigenvalue weighted by atomic mass is 32.2. The highest BCUT2D eigenvalue weighted by Crippen LogP contribution is 2.16. The third-order valence-corrected chi connectivity index (χ3v) is 4.50. The van der Waals surface area contributed by atoms with Crippen LogP contribution < -0.4 is 5.32 Å². The van der Waals surface area contributed by atoms with Crippen LogP contribution in [0.4, 0.5) is 5.69 Å². The summed E-state index contributed by atoms with van der Waals surface area (Å²) in [6, 6.07) is 6.34. The van der Waals surface area contributed by atoms with Crippen molar-refractivity contribution >= 4 is 32.8 Å². The van der Waals surface area contributed by atoms with E-state index in [2.05, 4.69) is 10.3 Å². The van der Waals surface area contributed by atoms with Crippen molar-refractivity contribution in [2.75, 3.05) is 11.6 Å². The highest BCUT2D eigenvalue weighted by molar-refractivity contribution is 7.90. The number of carbonyl (C=O) groups is 1. The summed E-state index contributed by atoms with van der Waals surface area (Å²) in [5.41, 5.74) is 1.36. The van der Waals surface area contributed by atoms with Crippen molar-refractivity contribution in [3.8, 4) is 0 Å². The van der Waals surface area contributed by atoms with Crippen LogP contribution in [0.5, 0.6) is 0 Å². The molecule has 0 radical (unpaired) electrons. The molecule has 0 spiro atoms. The third-order valence-electron chi connectivity index (χ3n) is 2.49. The van der Waals surface area contributed by atoms with Crippen LogP contribution in [0.15, 0.2) is 34.5 Å². The number of anilines is 1. The molecule has 1 heterocycles. The fourth-order valence-electron chi connectivity index (χ4n) is 1.50. The molecule has 20 heavy (non-hydrogen) atoms. The Hall–Kier alpha value is -1.93. The lowest BCUT2D eigenvalue weighted by Crippen LogP contribution is -2.02. The molecule has 0 atom stereocenters. The van der Waals surface area contributed by atoms with Crippen LogP contribution in [0.25, 0.3) is 0 Å². The lowest BCUT2D eigenvalue weighted by atomic mass is 10.3. The van der Waals surface area contributed by atoms with Gasteiger partial charge in [-0.2, -0.15) is 0 Å². The van der Waals surface area contributed by atoms with Gasteiger partial charge in [0.1, 0.15) is 0 Å². The van der Waals surface area contributed by atoms with Crippen molar-refractivity contribution in [2.24, 2.45) is 0 Å². The van der Waals surface area contributed by atoms with Gasteiger partial charge >= 0.3 is 5.97 Å². The van der Waals surface area contributed by atoms with Crippen molar-refractivity contribution in [1.82, 2.24) is 4.98 Å². The molecule has 0 aliphatic heterocycles. The minimum absolute atomic E-state index is 0.0502. The van der Waals surface area contributed by atoms with Crippen molar-refractivity contribution in [3.05, 3.63) is 40.3 Å². The number of benzene rings is 1. The van der Waals surface area contributed by atoms with Gasteiger partial charge in [0, 0.05) is 17.3 Å². The first-order valence-electron chi connectivity index (χ1n) is 5.58. The Kier molecular flexibility index (Phi) is 4.05. The molecule has 2 rings (SSSR count). The Morgan fingerprint density at radius 3 is 2.50 bits per heavy atom. The molecule has 0 fully saturated rings. The van der Waals surface area contributed by atoms with Crippen LogP contribution in [0.2, 0.25) is 0 Å². The van der Waals surface area contributed by atoms with Crippen molar-refractivity contribution in [1.29, 1.82) is 0 Å². The van der Waals surface area contributed by atoms with Crippen LogP contribution in [-0.4, -0.2) is 30.7 Å². The van der Waals surface area contributed by atoms with Crippen LogP contribution in [0.3, 0.4) is 0 Å². The number of rotatable bonds is 5. The number of nitrogens with one attached hydrogen (secondary N) is 1. The first-order valence-corrected chi connectivity index (χ1v) is 8.35. The van der Waals surface area contributed by atoms with Crippen LogP contribution in [0.1, 0.15) is 15.5 Å². The summed E-state index contributed by atoms with van der Waals surface area (Å²) in [7, 11) is -3.20. The molecule has 6 nitrogen and oxygen atoms in total. The first-order chi connectivity index (χ1) is 9.36. The predicted octanol–water partition coefficient (Wildman–Crippen LogP) is 1.86. The molecule has 0 saturated heterocycles. The molecule has 1 aromatic carbocycles. The summed E-state index contributed by atoms with van der Waals surface area (Å²) in [5.74, 6) is -1.04. The monoisotopic (exact) mass is 312 g/mol. The Balaban J connectivity index is 2.02. The van der Waals surface area contributed by atoms with Crippen LogP contribution >= 0.6 is 11.3 Å². The van der Waals surface area contributed by atoms with E-state index in [1.54, 1.807) is 17.5 Å². The van der Waals surface area contributed by atoms with Gasteiger partial charge in [0.15, 0.2) is 9.84 Å². The second-order valence-corrected chi connectivity index (χ2v) is 6.97. The summed E-state index contributed by atoms with van der Waals surface area (Å²) in [5, 5.41) is 13.5. The van der Waals surface area contributed by atoms with Gasteiger partial charge in [-0.05, 0) is 24.3 Å². The van der Waals surface area contributed by atoms with E-state index >= 15 is 0 Å². The topological polar surface area (TPSA) is 96.4 Å². The molecule has 0 aliphatic rings. The standard InChI is InChI=1S/C12H12N2O4S2/c1-20(17,18)10-4-2-8(3-5-10)13-6-9-7-19-11(14-9)12(15)16/h2-5,7,13H,6H2,1H3,(H,15,16). The Morgan fingerprint density at radius 1 is 1.35 bits per heavy atom. The zero-order valence-corrected chi connectivity index (χ0v) is 12.2. The second-order valence-electron chi connectivity index (χ2n) is 4.10. The number of aromatic nitrogens is 1. The fourth-order valence-corrected chi connectivity index (χ4v) is 2.78. The lowest BCUT2D eigenvalue weighted by Gasteiger charge is -2.05. The third kappa shape index (κ3) is 3.55. The summed E-state index contributed by atoms with van der Waals surface area (Å²) >= 11 is 1.07. The smallest absolute Gasteiger partial charge is 0.365 e. The van der Waals surface area contributed by atoms with E-state index in [4.69, 9.17) is 5.11 Å². The van der Waals surface area contributed by atoms with Gasteiger partial charge in [-0.15, -0.1) is 11.3 Å². The number of hydrogen-bond donors (Lipinski definition) is 2. The molecule has 0 aliphatic carbocycles.